The zero-order chi connectivity index (χ0) is 23.7. The van der Waals surface area contributed by atoms with Gasteiger partial charge in [-0.15, -0.1) is 0 Å². The van der Waals surface area contributed by atoms with E-state index in [1.165, 1.54) is 17.6 Å². The molecule has 0 saturated heterocycles. The van der Waals surface area contributed by atoms with Gasteiger partial charge in [0.15, 0.2) is 5.60 Å². The van der Waals surface area contributed by atoms with E-state index in [9.17, 15) is 23.4 Å². The third-order valence-corrected chi connectivity index (χ3v) is 8.85. The molecule has 0 aromatic heterocycles. The summed E-state index contributed by atoms with van der Waals surface area (Å²) in [5, 5.41) is 19.8. The Morgan fingerprint density at radius 1 is 1.19 bits per heavy atom. The van der Waals surface area contributed by atoms with E-state index in [0.717, 1.165) is 57.4 Å². The average Bonchev–Trinajstić information content (AvgIpc) is 3.05. The molecule has 3 fully saturated rings. The quantitative estimate of drug-likeness (QED) is 0.443. The molecule has 2 nitrogen and oxygen atoms in total. The number of halogens is 3. The first-order valence-electron chi connectivity index (χ1n) is 12.4. The third-order valence-electron chi connectivity index (χ3n) is 8.85. The summed E-state index contributed by atoms with van der Waals surface area (Å²) in [5.74, 6) is 1.38. The van der Waals surface area contributed by atoms with Crippen molar-refractivity contribution in [2.75, 3.05) is 0 Å². The summed E-state index contributed by atoms with van der Waals surface area (Å²) in [4.78, 5) is 0. The molecule has 1 unspecified atom stereocenters. The molecule has 0 bridgehead atoms. The number of rotatable bonds is 6. The number of aliphatic hydroxyl groups excluding tert-OH is 1. The Labute approximate surface area is 191 Å². The van der Waals surface area contributed by atoms with Crippen molar-refractivity contribution in [3.05, 3.63) is 35.5 Å². The van der Waals surface area contributed by atoms with Gasteiger partial charge in [0.25, 0.3) is 0 Å². The summed E-state index contributed by atoms with van der Waals surface area (Å²) < 4.78 is 38.9. The summed E-state index contributed by atoms with van der Waals surface area (Å²) >= 11 is 0. The van der Waals surface area contributed by atoms with Gasteiger partial charge in [0, 0.05) is 0 Å². The Bertz CT molecular complexity index is 748. The maximum absolute atomic E-state index is 13.0. The Kier molecular flexibility index (Phi) is 7.71. The molecule has 32 heavy (non-hydrogen) atoms. The molecule has 0 spiro atoms. The Morgan fingerprint density at radius 2 is 1.91 bits per heavy atom. The van der Waals surface area contributed by atoms with Crippen LogP contribution in [-0.2, 0) is 0 Å². The number of alkyl halides is 3. The van der Waals surface area contributed by atoms with Gasteiger partial charge in [0.05, 0.1) is 6.10 Å². The Morgan fingerprint density at radius 3 is 2.59 bits per heavy atom. The topological polar surface area (TPSA) is 40.5 Å². The van der Waals surface area contributed by atoms with E-state index >= 15 is 0 Å². The SMILES string of the molecule is C=C1CC[C@H](O)C/C1=C/C=C1\CCC[C@]2(C)[C@@H]([C@H](C)CCCC(C)(O)C(F)(F)F)CC[C@@H]12. The summed E-state index contributed by atoms with van der Waals surface area (Å²) in [6, 6.07) is 0. The summed E-state index contributed by atoms with van der Waals surface area (Å²) in [5.41, 5.74) is 1.40. The molecular formula is C27H41F3O2. The fraction of sp³-hybridized carbons (Fsp3) is 0.778. The van der Waals surface area contributed by atoms with Crippen LogP contribution in [0.4, 0.5) is 13.2 Å². The molecule has 6 atom stereocenters. The van der Waals surface area contributed by atoms with E-state index in [1.807, 2.05) is 0 Å². The first-order chi connectivity index (χ1) is 14.8. The van der Waals surface area contributed by atoms with Gasteiger partial charge in [-0.2, -0.15) is 13.2 Å². The predicted molar refractivity (Wildman–Crippen MR) is 123 cm³/mol. The second-order valence-corrected chi connectivity index (χ2v) is 11.2. The third kappa shape index (κ3) is 5.35. The average molecular weight is 455 g/mol. The van der Waals surface area contributed by atoms with Gasteiger partial charge < -0.3 is 10.2 Å². The van der Waals surface area contributed by atoms with Crippen molar-refractivity contribution in [3.63, 3.8) is 0 Å². The van der Waals surface area contributed by atoms with Gasteiger partial charge >= 0.3 is 6.18 Å². The van der Waals surface area contributed by atoms with E-state index in [1.54, 1.807) is 0 Å². The van der Waals surface area contributed by atoms with Crippen molar-refractivity contribution >= 4 is 0 Å². The molecule has 3 aliphatic carbocycles. The van der Waals surface area contributed by atoms with Crippen LogP contribution in [0.3, 0.4) is 0 Å². The summed E-state index contributed by atoms with van der Waals surface area (Å²) in [6.45, 7) is 9.64. The minimum Gasteiger partial charge on any atom is -0.393 e. The lowest BCUT2D eigenvalue weighted by Crippen LogP contribution is -2.42. The zero-order valence-corrected chi connectivity index (χ0v) is 20.0. The van der Waals surface area contributed by atoms with Crippen molar-refractivity contribution in [3.8, 4) is 0 Å². The molecule has 0 aromatic carbocycles. The summed E-state index contributed by atoms with van der Waals surface area (Å²) in [7, 11) is 0. The molecular weight excluding hydrogens is 413 g/mol. The van der Waals surface area contributed by atoms with Gasteiger partial charge in [-0.05, 0) is 99.9 Å². The van der Waals surface area contributed by atoms with Crippen molar-refractivity contribution in [1.82, 2.24) is 0 Å². The number of hydrogen-bond acceptors (Lipinski definition) is 2. The van der Waals surface area contributed by atoms with Crippen molar-refractivity contribution in [2.24, 2.45) is 23.2 Å². The number of aliphatic hydroxyl groups is 2. The van der Waals surface area contributed by atoms with E-state index in [4.69, 9.17) is 0 Å². The fourth-order valence-electron chi connectivity index (χ4n) is 6.72. The summed E-state index contributed by atoms with van der Waals surface area (Å²) in [6.07, 6.45) is 8.55. The van der Waals surface area contributed by atoms with E-state index in [-0.39, 0.29) is 17.9 Å². The highest BCUT2D eigenvalue weighted by atomic mass is 19.4. The Hall–Kier alpha value is -1.07. The highest BCUT2D eigenvalue weighted by Gasteiger charge is 2.51. The van der Waals surface area contributed by atoms with E-state index in [0.29, 0.717) is 30.6 Å². The molecule has 0 aliphatic heterocycles. The normalized spacial score (nSPS) is 36.9. The van der Waals surface area contributed by atoms with Gasteiger partial charge in [-0.1, -0.05) is 50.1 Å². The predicted octanol–water partition coefficient (Wildman–Crippen LogP) is 7.28. The highest BCUT2D eigenvalue weighted by Crippen LogP contribution is 2.60. The molecule has 182 valence electrons. The lowest BCUT2D eigenvalue weighted by molar-refractivity contribution is -0.255. The molecule has 3 aliphatic rings. The van der Waals surface area contributed by atoms with E-state index in [2.05, 4.69) is 32.6 Å². The fourth-order valence-corrected chi connectivity index (χ4v) is 6.72. The van der Waals surface area contributed by atoms with Crippen LogP contribution in [0.1, 0.15) is 91.4 Å². The second kappa shape index (κ2) is 9.66. The largest absolute Gasteiger partial charge is 0.416 e. The maximum atomic E-state index is 13.0. The minimum atomic E-state index is -4.57. The molecule has 3 saturated carbocycles. The van der Waals surface area contributed by atoms with Crippen LogP contribution in [0, 0.1) is 23.2 Å². The van der Waals surface area contributed by atoms with Gasteiger partial charge in [0.2, 0.25) is 0 Å². The van der Waals surface area contributed by atoms with Crippen LogP contribution in [0.15, 0.2) is 35.5 Å². The van der Waals surface area contributed by atoms with Crippen LogP contribution < -0.4 is 0 Å². The lowest BCUT2D eigenvalue weighted by Gasteiger charge is -2.44. The highest BCUT2D eigenvalue weighted by molar-refractivity contribution is 5.36. The first-order valence-corrected chi connectivity index (χ1v) is 12.4. The van der Waals surface area contributed by atoms with Crippen molar-refractivity contribution in [2.45, 2.75) is 109 Å². The lowest BCUT2D eigenvalue weighted by atomic mass is 9.60. The number of hydrogen-bond donors (Lipinski definition) is 2. The van der Waals surface area contributed by atoms with Crippen molar-refractivity contribution in [1.29, 1.82) is 0 Å². The maximum Gasteiger partial charge on any atom is 0.416 e. The van der Waals surface area contributed by atoms with Crippen LogP contribution in [0.5, 0.6) is 0 Å². The van der Waals surface area contributed by atoms with Crippen LogP contribution >= 0.6 is 0 Å². The van der Waals surface area contributed by atoms with Crippen LogP contribution in [0.25, 0.3) is 0 Å². The number of fused-ring (bicyclic) bond motifs is 1. The minimum absolute atomic E-state index is 0.192. The molecule has 0 amide bonds. The Balaban J connectivity index is 1.65. The molecule has 3 rings (SSSR count). The van der Waals surface area contributed by atoms with Gasteiger partial charge in [-0.25, -0.2) is 0 Å². The molecule has 0 aromatic rings. The van der Waals surface area contributed by atoms with Crippen LogP contribution in [-0.4, -0.2) is 28.1 Å². The smallest absolute Gasteiger partial charge is 0.393 e. The molecule has 0 radical (unpaired) electrons. The van der Waals surface area contributed by atoms with Gasteiger partial charge in [0.1, 0.15) is 0 Å². The standard InChI is InChI=1S/C27H41F3O2/c1-18-9-12-22(31)17-21(18)11-10-20-8-6-15-25(3)23(13-14-24(20)25)19(2)7-5-16-26(4,32)27(28,29)30/h10-11,19,22-24,31-32H,1,5-9,12-17H2,2-4H3/b20-10+,21-11-/t19-,22+,23-,24+,25-,26?/m1/s1. The monoisotopic (exact) mass is 454 g/mol. The van der Waals surface area contributed by atoms with Crippen LogP contribution in [0.2, 0.25) is 0 Å². The second-order valence-electron chi connectivity index (χ2n) is 11.2. The first kappa shape index (κ1) is 25.6. The molecule has 0 heterocycles. The van der Waals surface area contributed by atoms with Gasteiger partial charge in [-0.3, -0.25) is 0 Å². The molecule has 5 heteroatoms. The number of allylic oxidation sites excluding steroid dienone is 4. The van der Waals surface area contributed by atoms with Crippen molar-refractivity contribution < 1.29 is 23.4 Å². The van der Waals surface area contributed by atoms with E-state index < -0.39 is 11.8 Å². The molecule has 2 N–H and O–H groups in total. The zero-order valence-electron chi connectivity index (χ0n) is 20.0.